The highest BCUT2D eigenvalue weighted by Gasteiger charge is 2.13. The van der Waals surface area contributed by atoms with E-state index >= 15 is 0 Å². The summed E-state index contributed by atoms with van der Waals surface area (Å²) in [4.78, 5) is 4.70. The summed E-state index contributed by atoms with van der Waals surface area (Å²) in [6, 6.07) is 13.7. The molecule has 1 aliphatic carbocycles. The lowest BCUT2D eigenvalue weighted by molar-refractivity contribution is 0.415. The Morgan fingerprint density at radius 2 is 1.86 bits per heavy atom. The average molecular weight is 291 g/mol. The Hall–Kier alpha value is -2.55. The highest BCUT2D eigenvalue weighted by atomic mass is 16.5. The van der Waals surface area contributed by atoms with Crippen LogP contribution in [-0.4, -0.2) is 17.2 Å². The van der Waals surface area contributed by atoms with Gasteiger partial charge in [-0.2, -0.15) is 0 Å². The largest absolute Gasteiger partial charge is 0.507 e. The van der Waals surface area contributed by atoms with Crippen LogP contribution in [0, 0.1) is 0 Å². The highest BCUT2D eigenvalue weighted by Crippen LogP contribution is 2.33. The van der Waals surface area contributed by atoms with Crippen LogP contribution in [0.15, 0.2) is 42.5 Å². The van der Waals surface area contributed by atoms with E-state index in [2.05, 4.69) is 18.2 Å². The molecular formula is C19H17NO2. The maximum atomic E-state index is 10.3. The Morgan fingerprint density at radius 3 is 2.73 bits per heavy atom. The summed E-state index contributed by atoms with van der Waals surface area (Å²) in [5, 5.41) is 11.0. The number of nitrogens with zero attached hydrogens (tertiary/aromatic N) is 1. The molecule has 110 valence electrons. The molecule has 0 aliphatic heterocycles. The van der Waals surface area contributed by atoms with E-state index in [9.17, 15) is 5.11 Å². The van der Waals surface area contributed by atoms with Crippen molar-refractivity contribution in [1.82, 2.24) is 4.98 Å². The van der Waals surface area contributed by atoms with E-state index in [0.717, 1.165) is 34.3 Å². The van der Waals surface area contributed by atoms with Crippen molar-refractivity contribution in [3.8, 4) is 22.8 Å². The Balaban J connectivity index is 1.87. The molecule has 1 aromatic heterocycles. The van der Waals surface area contributed by atoms with Gasteiger partial charge in [0.25, 0.3) is 0 Å². The van der Waals surface area contributed by atoms with Crippen molar-refractivity contribution in [3.05, 3.63) is 53.6 Å². The zero-order valence-corrected chi connectivity index (χ0v) is 12.5. The zero-order chi connectivity index (χ0) is 15.1. The molecule has 3 heteroatoms. The number of aromatic nitrogens is 1. The number of hydrogen-bond acceptors (Lipinski definition) is 3. The number of benzene rings is 2. The number of aryl methyl sites for hydroxylation is 2. The molecule has 2 aromatic carbocycles. The van der Waals surface area contributed by atoms with Gasteiger partial charge in [0.15, 0.2) is 0 Å². The van der Waals surface area contributed by atoms with Crippen LogP contribution in [0.1, 0.15) is 17.5 Å². The molecule has 3 nitrogen and oxygen atoms in total. The average Bonchev–Trinajstić information content (AvgIpc) is 3.01. The standard InChI is InChI=1S/C19H17NO2/c1-22-15-7-8-16-18(10-15)20-17(11-19(16)21)14-6-5-12-3-2-4-13(12)9-14/h5-11H,2-4H2,1H3,(H,20,21). The molecule has 1 aliphatic rings. The zero-order valence-electron chi connectivity index (χ0n) is 12.5. The monoisotopic (exact) mass is 291 g/mol. The first-order valence-electron chi connectivity index (χ1n) is 7.54. The van der Waals surface area contributed by atoms with Gasteiger partial charge in [0.05, 0.1) is 18.3 Å². The van der Waals surface area contributed by atoms with Crippen LogP contribution >= 0.6 is 0 Å². The fourth-order valence-corrected chi connectivity index (χ4v) is 3.20. The highest BCUT2D eigenvalue weighted by molar-refractivity contribution is 5.88. The van der Waals surface area contributed by atoms with E-state index in [-0.39, 0.29) is 5.75 Å². The maximum absolute atomic E-state index is 10.3. The lowest BCUT2D eigenvalue weighted by Gasteiger charge is -2.09. The summed E-state index contributed by atoms with van der Waals surface area (Å²) < 4.78 is 5.25. The van der Waals surface area contributed by atoms with Gasteiger partial charge >= 0.3 is 0 Å². The van der Waals surface area contributed by atoms with E-state index < -0.39 is 0 Å². The van der Waals surface area contributed by atoms with Crippen molar-refractivity contribution in [2.75, 3.05) is 7.11 Å². The number of aromatic hydroxyl groups is 1. The third-order valence-corrected chi connectivity index (χ3v) is 4.39. The number of hydrogen-bond donors (Lipinski definition) is 1. The number of pyridine rings is 1. The van der Waals surface area contributed by atoms with Crippen LogP contribution in [0.5, 0.6) is 11.5 Å². The minimum atomic E-state index is 0.253. The van der Waals surface area contributed by atoms with Crippen LogP contribution in [-0.2, 0) is 12.8 Å². The molecule has 0 radical (unpaired) electrons. The number of rotatable bonds is 2. The van der Waals surface area contributed by atoms with Crippen molar-refractivity contribution in [3.63, 3.8) is 0 Å². The molecule has 4 rings (SSSR count). The van der Waals surface area contributed by atoms with Gasteiger partial charge in [0.2, 0.25) is 0 Å². The summed E-state index contributed by atoms with van der Waals surface area (Å²) in [6.45, 7) is 0. The van der Waals surface area contributed by atoms with Gasteiger partial charge < -0.3 is 9.84 Å². The molecule has 0 spiro atoms. The SMILES string of the molecule is COc1ccc2c(O)cc(-c3ccc4c(c3)CCC4)nc2c1. The third-order valence-electron chi connectivity index (χ3n) is 4.39. The molecule has 3 aromatic rings. The lowest BCUT2D eigenvalue weighted by atomic mass is 10.0. The van der Waals surface area contributed by atoms with Crippen LogP contribution in [0.3, 0.4) is 0 Å². The summed E-state index contributed by atoms with van der Waals surface area (Å²) in [5.74, 6) is 0.994. The molecule has 0 amide bonds. The molecule has 0 bridgehead atoms. The summed E-state index contributed by atoms with van der Waals surface area (Å²) in [5.41, 5.74) is 5.45. The van der Waals surface area contributed by atoms with Crippen LogP contribution in [0.4, 0.5) is 0 Å². The van der Waals surface area contributed by atoms with Gasteiger partial charge in [-0.1, -0.05) is 12.1 Å². The quantitative estimate of drug-likeness (QED) is 0.772. The van der Waals surface area contributed by atoms with Gasteiger partial charge in [-0.05, 0) is 48.6 Å². The van der Waals surface area contributed by atoms with Crippen LogP contribution in [0.2, 0.25) is 0 Å². The van der Waals surface area contributed by atoms with E-state index in [1.807, 2.05) is 18.2 Å². The van der Waals surface area contributed by atoms with E-state index in [0.29, 0.717) is 0 Å². The minimum absolute atomic E-state index is 0.253. The fraction of sp³-hybridized carbons (Fsp3) is 0.211. The summed E-state index contributed by atoms with van der Waals surface area (Å²) in [6.07, 6.45) is 3.53. The second kappa shape index (κ2) is 5.02. The van der Waals surface area contributed by atoms with E-state index in [4.69, 9.17) is 9.72 Å². The Kier molecular flexibility index (Phi) is 3.00. The molecule has 1 heterocycles. The predicted octanol–water partition coefficient (Wildman–Crippen LogP) is 4.10. The molecule has 0 unspecified atom stereocenters. The molecule has 0 atom stereocenters. The second-order valence-electron chi connectivity index (χ2n) is 5.75. The van der Waals surface area contributed by atoms with Crippen molar-refractivity contribution in [1.29, 1.82) is 0 Å². The Bertz CT molecular complexity index is 871. The van der Waals surface area contributed by atoms with Gasteiger partial charge in [0.1, 0.15) is 11.5 Å². The molecular weight excluding hydrogens is 274 g/mol. The first-order valence-corrected chi connectivity index (χ1v) is 7.54. The van der Waals surface area contributed by atoms with Crippen molar-refractivity contribution in [2.45, 2.75) is 19.3 Å². The molecule has 0 saturated heterocycles. The Morgan fingerprint density at radius 1 is 1.00 bits per heavy atom. The van der Waals surface area contributed by atoms with Crippen molar-refractivity contribution >= 4 is 10.9 Å². The predicted molar refractivity (Wildman–Crippen MR) is 87.4 cm³/mol. The van der Waals surface area contributed by atoms with Crippen molar-refractivity contribution in [2.24, 2.45) is 0 Å². The van der Waals surface area contributed by atoms with Gasteiger partial charge in [-0.3, -0.25) is 0 Å². The lowest BCUT2D eigenvalue weighted by Crippen LogP contribution is -1.90. The Labute approximate surface area is 129 Å². The fourth-order valence-electron chi connectivity index (χ4n) is 3.20. The van der Waals surface area contributed by atoms with Gasteiger partial charge in [0, 0.05) is 23.1 Å². The second-order valence-corrected chi connectivity index (χ2v) is 5.75. The molecule has 22 heavy (non-hydrogen) atoms. The van der Waals surface area contributed by atoms with Crippen LogP contribution in [0.25, 0.3) is 22.2 Å². The first kappa shape index (κ1) is 13.1. The third kappa shape index (κ3) is 2.10. The van der Waals surface area contributed by atoms with Crippen LogP contribution < -0.4 is 4.74 Å². The molecule has 0 fully saturated rings. The van der Waals surface area contributed by atoms with Crippen molar-refractivity contribution < 1.29 is 9.84 Å². The minimum Gasteiger partial charge on any atom is -0.507 e. The van der Waals surface area contributed by atoms with E-state index in [1.54, 1.807) is 13.2 Å². The van der Waals surface area contributed by atoms with Gasteiger partial charge in [-0.25, -0.2) is 4.98 Å². The van der Waals surface area contributed by atoms with Gasteiger partial charge in [-0.15, -0.1) is 0 Å². The molecule has 1 N–H and O–H groups in total. The number of fused-ring (bicyclic) bond motifs is 2. The molecule has 0 saturated carbocycles. The maximum Gasteiger partial charge on any atom is 0.127 e. The normalized spacial score (nSPS) is 13.3. The number of ether oxygens (including phenoxy) is 1. The number of methoxy groups -OCH3 is 1. The first-order chi connectivity index (χ1) is 10.7. The topological polar surface area (TPSA) is 42.4 Å². The summed E-state index contributed by atoms with van der Waals surface area (Å²) in [7, 11) is 1.63. The summed E-state index contributed by atoms with van der Waals surface area (Å²) >= 11 is 0. The van der Waals surface area contributed by atoms with E-state index in [1.165, 1.54) is 24.0 Å². The smallest absolute Gasteiger partial charge is 0.127 e.